The summed E-state index contributed by atoms with van der Waals surface area (Å²) < 4.78 is 0. The van der Waals surface area contributed by atoms with Gasteiger partial charge in [-0.1, -0.05) is 6.07 Å². The Morgan fingerprint density at radius 1 is 1.67 bits per heavy atom. The third kappa shape index (κ3) is 0.978. The van der Waals surface area contributed by atoms with Crippen molar-refractivity contribution in [1.82, 2.24) is 4.98 Å². The van der Waals surface area contributed by atoms with Crippen molar-refractivity contribution in [3.05, 3.63) is 29.6 Å². The molecule has 0 saturated heterocycles. The zero-order valence-corrected chi connectivity index (χ0v) is 6.53. The van der Waals surface area contributed by atoms with Gasteiger partial charge in [-0.05, 0) is 24.5 Å². The lowest BCUT2D eigenvalue weighted by Gasteiger charge is -2.03. The van der Waals surface area contributed by atoms with Gasteiger partial charge < -0.3 is 5.11 Å². The van der Waals surface area contributed by atoms with Crippen molar-refractivity contribution in [2.75, 3.05) is 0 Å². The first-order valence-electron chi connectivity index (χ1n) is 3.95. The first-order chi connectivity index (χ1) is 5.79. The molecule has 1 N–H and O–H groups in total. The normalized spacial score (nSPS) is 20.5. The molecule has 0 aromatic carbocycles. The summed E-state index contributed by atoms with van der Waals surface area (Å²) in [6.45, 7) is 0. The van der Waals surface area contributed by atoms with Crippen molar-refractivity contribution in [3.63, 3.8) is 0 Å². The summed E-state index contributed by atoms with van der Waals surface area (Å²) in [6, 6.07) is 3.65. The number of carboxylic acid groups (broad SMARTS) is 1. The fourth-order valence-electron chi connectivity index (χ4n) is 1.67. The van der Waals surface area contributed by atoms with Crippen LogP contribution in [0.1, 0.15) is 23.6 Å². The van der Waals surface area contributed by atoms with Crippen molar-refractivity contribution in [3.8, 4) is 0 Å². The minimum atomic E-state index is -0.734. The van der Waals surface area contributed by atoms with Gasteiger partial charge in [0.15, 0.2) is 0 Å². The second kappa shape index (κ2) is 2.59. The van der Waals surface area contributed by atoms with E-state index in [-0.39, 0.29) is 5.92 Å². The zero-order chi connectivity index (χ0) is 8.55. The Morgan fingerprint density at radius 2 is 2.50 bits per heavy atom. The van der Waals surface area contributed by atoms with Gasteiger partial charge in [-0.2, -0.15) is 0 Å². The molecule has 1 aromatic rings. The highest BCUT2D eigenvalue weighted by Crippen LogP contribution is 2.31. The van der Waals surface area contributed by atoms with Crippen LogP contribution in [0.2, 0.25) is 0 Å². The van der Waals surface area contributed by atoms with Crippen LogP contribution in [-0.2, 0) is 11.2 Å². The second-order valence-electron chi connectivity index (χ2n) is 2.97. The Morgan fingerprint density at radius 3 is 3.25 bits per heavy atom. The van der Waals surface area contributed by atoms with E-state index in [9.17, 15) is 4.79 Å². The third-order valence-electron chi connectivity index (χ3n) is 2.27. The van der Waals surface area contributed by atoms with Gasteiger partial charge in [0.25, 0.3) is 0 Å². The SMILES string of the molecule is O=C(O)[C@@H]1CCc2ncccc21. The Kier molecular flexibility index (Phi) is 1.57. The Bertz CT molecular complexity index is 322. The molecule has 0 aliphatic heterocycles. The molecule has 1 aliphatic rings. The molecule has 0 bridgehead atoms. The van der Waals surface area contributed by atoms with Crippen LogP contribution in [0, 0.1) is 0 Å². The molecule has 1 aromatic heterocycles. The quantitative estimate of drug-likeness (QED) is 0.676. The van der Waals surface area contributed by atoms with E-state index in [0.29, 0.717) is 6.42 Å². The minimum absolute atomic E-state index is 0.325. The maximum Gasteiger partial charge on any atom is 0.311 e. The van der Waals surface area contributed by atoms with Gasteiger partial charge in [0.1, 0.15) is 0 Å². The number of hydrogen-bond donors (Lipinski definition) is 1. The molecule has 1 aliphatic carbocycles. The molecule has 1 atom stereocenters. The highest BCUT2D eigenvalue weighted by Gasteiger charge is 2.28. The van der Waals surface area contributed by atoms with Crippen molar-refractivity contribution < 1.29 is 9.90 Å². The summed E-state index contributed by atoms with van der Waals surface area (Å²) in [5.74, 6) is -1.06. The lowest BCUT2D eigenvalue weighted by atomic mass is 10.0. The van der Waals surface area contributed by atoms with Crippen LogP contribution in [0.5, 0.6) is 0 Å². The van der Waals surface area contributed by atoms with Crippen molar-refractivity contribution in [2.45, 2.75) is 18.8 Å². The van der Waals surface area contributed by atoms with Crippen LogP contribution >= 0.6 is 0 Å². The molecule has 0 amide bonds. The number of pyridine rings is 1. The lowest BCUT2D eigenvalue weighted by molar-refractivity contribution is -0.138. The van der Waals surface area contributed by atoms with Crippen LogP contribution in [0.4, 0.5) is 0 Å². The monoisotopic (exact) mass is 163 g/mol. The average molecular weight is 163 g/mol. The number of carbonyl (C=O) groups is 1. The minimum Gasteiger partial charge on any atom is -0.481 e. The molecule has 62 valence electrons. The number of aliphatic carboxylic acids is 1. The van der Waals surface area contributed by atoms with Gasteiger partial charge in [-0.3, -0.25) is 9.78 Å². The molecule has 2 rings (SSSR count). The Hall–Kier alpha value is -1.38. The van der Waals surface area contributed by atoms with Gasteiger partial charge in [-0.15, -0.1) is 0 Å². The maximum atomic E-state index is 10.7. The molecule has 1 heterocycles. The van der Waals surface area contributed by atoms with E-state index in [1.54, 1.807) is 12.3 Å². The molecular weight excluding hydrogens is 154 g/mol. The summed E-state index contributed by atoms with van der Waals surface area (Å²) in [5.41, 5.74) is 1.84. The fraction of sp³-hybridized carbons (Fsp3) is 0.333. The topological polar surface area (TPSA) is 50.2 Å². The number of fused-ring (bicyclic) bond motifs is 1. The molecule has 3 heteroatoms. The number of rotatable bonds is 1. The zero-order valence-electron chi connectivity index (χ0n) is 6.53. The van der Waals surface area contributed by atoms with E-state index < -0.39 is 5.97 Å². The van der Waals surface area contributed by atoms with Crippen LogP contribution in [0.3, 0.4) is 0 Å². The second-order valence-corrected chi connectivity index (χ2v) is 2.97. The van der Waals surface area contributed by atoms with E-state index in [4.69, 9.17) is 5.11 Å². The number of aromatic nitrogens is 1. The standard InChI is InChI=1S/C9H9NO2/c11-9(12)7-3-4-8-6(7)2-1-5-10-8/h1-2,5,7H,3-4H2,(H,11,12)/t7-/m1/s1. The molecular formula is C9H9NO2. The smallest absolute Gasteiger partial charge is 0.311 e. The van der Waals surface area contributed by atoms with Crippen LogP contribution in [-0.4, -0.2) is 16.1 Å². The lowest BCUT2D eigenvalue weighted by Crippen LogP contribution is -2.07. The van der Waals surface area contributed by atoms with Gasteiger partial charge in [0.2, 0.25) is 0 Å². The highest BCUT2D eigenvalue weighted by molar-refractivity contribution is 5.77. The van der Waals surface area contributed by atoms with Gasteiger partial charge in [0, 0.05) is 11.9 Å². The van der Waals surface area contributed by atoms with Crippen molar-refractivity contribution in [2.24, 2.45) is 0 Å². The Balaban J connectivity index is 2.42. The maximum absolute atomic E-state index is 10.7. The summed E-state index contributed by atoms with van der Waals surface area (Å²) in [4.78, 5) is 14.9. The summed E-state index contributed by atoms with van der Waals surface area (Å²) in [7, 11) is 0. The van der Waals surface area contributed by atoms with Gasteiger partial charge in [-0.25, -0.2) is 0 Å². The first kappa shape index (κ1) is 7.28. The molecule has 0 saturated carbocycles. The van der Waals surface area contributed by atoms with Crippen LogP contribution < -0.4 is 0 Å². The molecule has 0 spiro atoms. The first-order valence-corrected chi connectivity index (χ1v) is 3.95. The largest absolute Gasteiger partial charge is 0.481 e. The van der Waals surface area contributed by atoms with E-state index >= 15 is 0 Å². The van der Waals surface area contributed by atoms with E-state index in [2.05, 4.69) is 4.98 Å². The van der Waals surface area contributed by atoms with Crippen molar-refractivity contribution in [1.29, 1.82) is 0 Å². The van der Waals surface area contributed by atoms with Gasteiger partial charge >= 0.3 is 5.97 Å². The van der Waals surface area contributed by atoms with Gasteiger partial charge in [0.05, 0.1) is 5.92 Å². The number of aryl methyl sites for hydroxylation is 1. The number of carboxylic acids is 1. The fourth-order valence-corrected chi connectivity index (χ4v) is 1.67. The summed E-state index contributed by atoms with van der Waals surface area (Å²) >= 11 is 0. The number of nitrogens with zero attached hydrogens (tertiary/aromatic N) is 1. The molecule has 12 heavy (non-hydrogen) atoms. The molecule has 3 nitrogen and oxygen atoms in total. The average Bonchev–Trinajstić information content (AvgIpc) is 2.47. The summed E-state index contributed by atoms with van der Waals surface area (Å²) in [5, 5.41) is 8.83. The third-order valence-corrected chi connectivity index (χ3v) is 2.27. The van der Waals surface area contributed by atoms with Crippen LogP contribution in [0.25, 0.3) is 0 Å². The predicted molar refractivity (Wildman–Crippen MR) is 42.9 cm³/mol. The number of hydrogen-bond acceptors (Lipinski definition) is 2. The molecule has 0 radical (unpaired) electrons. The van der Waals surface area contributed by atoms with Crippen molar-refractivity contribution >= 4 is 5.97 Å². The van der Waals surface area contributed by atoms with E-state index in [0.717, 1.165) is 17.7 Å². The summed E-state index contributed by atoms with van der Waals surface area (Å²) in [6.07, 6.45) is 3.21. The highest BCUT2D eigenvalue weighted by atomic mass is 16.4. The molecule has 0 fully saturated rings. The van der Waals surface area contributed by atoms with E-state index in [1.165, 1.54) is 0 Å². The molecule has 0 unspecified atom stereocenters. The Labute approximate surface area is 70.1 Å². The van der Waals surface area contributed by atoms with E-state index in [1.807, 2.05) is 6.07 Å². The van der Waals surface area contributed by atoms with Crippen LogP contribution in [0.15, 0.2) is 18.3 Å². The predicted octanol–water partition coefficient (Wildman–Crippen LogP) is 1.20.